The fourth-order valence-electron chi connectivity index (χ4n) is 2.78. The zero-order valence-corrected chi connectivity index (χ0v) is 11.4. The Bertz CT molecular complexity index is 339. The van der Waals surface area contributed by atoms with Gasteiger partial charge >= 0.3 is 0 Å². The van der Waals surface area contributed by atoms with Gasteiger partial charge in [-0.2, -0.15) is 0 Å². The van der Waals surface area contributed by atoms with Crippen LogP contribution in [-0.4, -0.2) is 17.8 Å². The van der Waals surface area contributed by atoms with Crippen LogP contribution in [0.3, 0.4) is 0 Å². The molecule has 0 spiro atoms. The Morgan fingerprint density at radius 3 is 2.28 bits per heavy atom. The molecule has 18 heavy (non-hydrogen) atoms. The van der Waals surface area contributed by atoms with E-state index in [1.165, 1.54) is 49.7 Å². The van der Waals surface area contributed by atoms with Crippen molar-refractivity contribution >= 4 is 0 Å². The summed E-state index contributed by atoms with van der Waals surface area (Å²) in [6.07, 6.45) is 7.89. The van der Waals surface area contributed by atoms with E-state index in [-0.39, 0.29) is 12.6 Å². The highest BCUT2D eigenvalue weighted by Crippen LogP contribution is 2.21. The molecule has 0 bridgehead atoms. The standard InChI is InChI=1S/C16H25NO/c1-13-8-10-14(11-9-13)16(12-18)17-15-6-4-2-3-5-7-15/h8-11,15-18H,2-7,12H2,1H3. The van der Waals surface area contributed by atoms with E-state index in [1.807, 2.05) is 0 Å². The Labute approximate surface area is 110 Å². The van der Waals surface area contributed by atoms with Crippen LogP contribution < -0.4 is 5.32 Å². The molecule has 1 aliphatic rings. The number of aliphatic hydroxyl groups excluding tert-OH is 1. The molecule has 2 N–H and O–H groups in total. The van der Waals surface area contributed by atoms with Gasteiger partial charge in [-0.1, -0.05) is 55.5 Å². The smallest absolute Gasteiger partial charge is 0.0626 e. The molecule has 2 rings (SSSR count). The Morgan fingerprint density at radius 1 is 1.11 bits per heavy atom. The quantitative estimate of drug-likeness (QED) is 0.800. The molecule has 1 unspecified atom stereocenters. The van der Waals surface area contributed by atoms with E-state index in [9.17, 15) is 5.11 Å². The highest BCUT2D eigenvalue weighted by Gasteiger charge is 2.17. The molecule has 1 aromatic rings. The second-order valence-electron chi connectivity index (χ2n) is 5.50. The van der Waals surface area contributed by atoms with Crippen LogP contribution in [0.1, 0.15) is 55.7 Å². The third kappa shape index (κ3) is 3.82. The van der Waals surface area contributed by atoms with Gasteiger partial charge < -0.3 is 10.4 Å². The van der Waals surface area contributed by atoms with E-state index < -0.39 is 0 Å². The molecule has 0 saturated heterocycles. The van der Waals surface area contributed by atoms with Gasteiger partial charge in [-0.3, -0.25) is 0 Å². The van der Waals surface area contributed by atoms with Crippen molar-refractivity contribution in [3.63, 3.8) is 0 Å². The first-order chi connectivity index (χ1) is 8.79. The SMILES string of the molecule is Cc1ccc(C(CO)NC2CCCCCC2)cc1. The molecular formula is C16H25NO. The average molecular weight is 247 g/mol. The molecule has 1 aromatic carbocycles. The zero-order chi connectivity index (χ0) is 12.8. The first kappa shape index (κ1) is 13.6. The molecule has 0 amide bonds. The zero-order valence-electron chi connectivity index (χ0n) is 11.4. The van der Waals surface area contributed by atoms with Crippen molar-refractivity contribution in [2.75, 3.05) is 6.61 Å². The van der Waals surface area contributed by atoms with Crippen molar-refractivity contribution in [2.24, 2.45) is 0 Å². The summed E-state index contributed by atoms with van der Waals surface area (Å²) in [5.41, 5.74) is 2.47. The molecule has 2 nitrogen and oxygen atoms in total. The maximum atomic E-state index is 9.59. The summed E-state index contributed by atoms with van der Waals surface area (Å²) in [7, 11) is 0. The van der Waals surface area contributed by atoms with Crippen LogP contribution in [0.4, 0.5) is 0 Å². The van der Waals surface area contributed by atoms with Crippen LogP contribution in [0.5, 0.6) is 0 Å². The van der Waals surface area contributed by atoms with Gasteiger partial charge in [-0.15, -0.1) is 0 Å². The van der Waals surface area contributed by atoms with E-state index in [0.29, 0.717) is 6.04 Å². The highest BCUT2D eigenvalue weighted by molar-refractivity contribution is 5.24. The molecule has 2 heteroatoms. The van der Waals surface area contributed by atoms with Crippen molar-refractivity contribution < 1.29 is 5.11 Å². The van der Waals surface area contributed by atoms with Gasteiger partial charge in [-0.05, 0) is 25.3 Å². The number of aryl methyl sites for hydroxylation is 1. The monoisotopic (exact) mass is 247 g/mol. The normalized spacial score (nSPS) is 19.4. The van der Waals surface area contributed by atoms with Crippen LogP contribution >= 0.6 is 0 Å². The lowest BCUT2D eigenvalue weighted by Crippen LogP contribution is -2.34. The lowest BCUT2D eigenvalue weighted by atomic mass is 10.0. The van der Waals surface area contributed by atoms with Gasteiger partial charge in [0.2, 0.25) is 0 Å². The van der Waals surface area contributed by atoms with E-state index in [0.717, 1.165) is 0 Å². The summed E-state index contributed by atoms with van der Waals surface area (Å²) in [5.74, 6) is 0. The molecule has 1 fully saturated rings. The molecule has 0 heterocycles. The van der Waals surface area contributed by atoms with Gasteiger partial charge in [0.25, 0.3) is 0 Å². The van der Waals surface area contributed by atoms with E-state index in [4.69, 9.17) is 0 Å². The second kappa shape index (κ2) is 6.91. The van der Waals surface area contributed by atoms with Crippen LogP contribution in [0, 0.1) is 6.92 Å². The molecule has 1 saturated carbocycles. The van der Waals surface area contributed by atoms with Gasteiger partial charge in [0.05, 0.1) is 12.6 Å². The largest absolute Gasteiger partial charge is 0.394 e. The second-order valence-corrected chi connectivity index (χ2v) is 5.50. The maximum Gasteiger partial charge on any atom is 0.0626 e. The Balaban J connectivity index is 1.97. The van der Waals surface area contributed by atoms with Crippen molar-refractivity contribution in [1.82, 2.24) is 5.32 Å². The van der Waals surface area contributed by atoms with Gasteiger partial charge in [-0.25, -0.2) is 0 Å². The summed E-state index contributed by atoms with van der Waals surface area (Å²) in [6.45, 7) is 2.27. The van der Waals surface area contributed by atoms with Crippen LogP contribution in [0.25, 0.3) is 0 Å². The predicted molar refractivity (Wildman–Crippen MR) is 75.6 cm³/mol. The van der Waals surface area contributed by atoms with Crippen molar-refractivity contribution in [3.05, 3.63) is 35.4 Å². The summed E-state index contributed by atoms with van der Waals surface area (Å²) >= 11 is 0. The van der Waals surface area contributed by atoms with Crippen molar-refractivity contribution in [1.29, 1.82) is 0 Å². The van der Waals surface area contributed by atoms with Crippen molar-refractivity contribution in [2.45, 2.75) is 57.5 Å². The third-order valence-electron chi connectivity index (χ3n) is 3.95. The Hall–Kier alpha value is -0.860. The number of hydrogen-bond donors (Lipinski definition) is 2. The average Bonchev–Trinajstić information content (AvgIpc) is 2.66. The fraction of sp³-hybridized carbons (Fsp3) is 0.625. The minimum absolute atomic E-state index is 0.0914. The Kier molecular flexibility index (Phi) is 5.21. The van der Waals surface area contributed by atoms with Crippen LogP contribution in [-0.2, 0) is 0 Å². The van der Waals surface area contributed by atoms with E-state index in [1.54, 1.807) is 0 Å². The van der Waals surface area contributed by atoms with Gasteiger partial charge in [0.15, 0.2) is 0 Å². The molecular weight excluding hydrogens is 222 g/mol. The molecule has 0 radical (unpaired) electrons. The highest BCUT2D eigenvalue weighted by atomic mass is 16.3. The number of hydrogen-bond acceptors (Lipinski definition) is 2. The number of aliphatic hydroxyl groups is 1. The van der Waals surface area contributed by atoms with E-state index >= 15 is 0 Å². The number of nitrogens with one attached hydrogen (secondary N) is 1. The first-order valence-electron chi connectivity index (χ1n) is 7.23. The third-order valence-corrected chi connectivity index (χ3v) is 3.95. The fourth-order valence-corrected chi connectivity index (χ4v) is 2.78. The molecule has 0 aromatic heterocycles. The van der Waals surface area contributed by atoms with Crippen molar-refractivity contribution in [3.8, 4) is 0 Å². The van der Waals surface area contributed by atoms with Gasteiger partial charge in [0.1, 0.15) is 0 Å². The van der Waals surface area contributed by atoms with Crippen LogP contribution in [0.15, 0.2) is 24.3 Å². The molecule has 1 atom stereocenters. The predicted octanol–water partition coefficient (Wildman–Crippen LogP) is 3.34. The van der Waals surface area contributed by atoms with Crippen LogP contribution in [0.2, 0.25) is 0 Å². The minimum atomic E-state index is 0.0914. The summed E-state index contributed by atoms with van der Waals surface area (Å²) in [4.78, 5) is 0. The summed E-state index contributed by atoms with van der Waals surface area (Å²) in [6, 6.07) is 9.15. The minimum Gasteiger partial charge on any atom is -0.394 e. The number of rotatable bonds is 4. The molecule has 100 valence electrons. The number of benzene rings is 1. The first-order valence-corrected chi connectivity index (χ1v) is 7.23. The molecule has 0 aliphatic heterocycles. The Morgan fingerprint density at radius 2 is 1.72 bits per heavy atom. The summed E-state index contributed by atoms with van der Waals surface area (Å²) < 4.78 is 0. The van der Waals surface area contributed by atoms with E-state index in [2.05, 4.69) is 36.5 Å². The summed E-state index contributed by atoms with van der Waals surface area (Å²) in [5, 5.41) is 13.2. The van der Waals surface area contributed by atoms with Gasteiger partial charge in [0, 0.05) is 6.04 Å². The lowest BCUT2D eigenvalue weighted by Gasteiger charge is -2.24. The topological polar surface area (TPSA) is 32.3 Å². The maximum absolute atomic E-state index is 9.59. The lowest BCUT2D eigenvalue weighted by molar-refractivity contribution is 0.228. The molecule has 1 aliphatic carbocycles.